The molecule has 2 atom stereocenters. The van der Waals surface area contributed by atoms with E-state index in [1.807, 2.05) is 12.1 Å². The number of ether oxygens (including phenoxy) is 1. The molecular formula is C17H20N2O3. The Morgan fingerprint density at radius 1 is 1.41 bits per heavy atom. The van der Waals surface area contributed by atoms with E-state index in [-0.39, 0.29) is 5.91 Å². The van der Waals surface area contributed by atoms with Gasteiger partial charge in [-0.2, -0.15) is 0 Å². The molecule has 1 aliphatic carbocycles. The summed E-state index contributed by atoms with van der Waals surface area (Å²) in [7, 11) is 1.56. The molecule has 0 bridgehead atoms. The van der Waals surface area contributed by atoms with Gasteiger partial charge in [0.15, 0.2) is 0 Å². The second kappa shape index (κ2) is 6.22. The predicted octanol–water partition coefficient (Wildman–Crippen LogP) is 3.38. The lowest BCUT2D eigenvalue weighted by molar-refractivity contribution is -0.116. The molecule has 1 N–H and O–H groups in total. The first-order valence-corrected chi connectivity index (χ1v) is 7.54. The maximum Gasteiger partial charge on any atom is 0.224 e. The Kier molecular flexibility index (Phi) is 4.13. The molecule has 5 nitrogen and oxygen atoms in total. The molecule has 1 saturated carbocycles. The summed E-state index contributed by atoms with van der Waals surface area (Å²) in [5.41, 5.74) is 0.665. The molecule has 2 aromatic heterocycles. The zero-order chi connectivity index (χ0) is 15.5. The second-order valence-corrected chi connectivity index (χ2v) is 5.76. The minimum atomic E-state index is -0.0512. The SMILES string of the molecule is COc1ccc(NC(=O)CCc2ccc([C@H]3C[C@H]3C)o2)cn1. The van der Waals surface area contributed by atoms with Gasteiger partial charge in [0.1, 0.15) is 11.5 Å². The summed E-state index contributed by atoms with van der Waals surface area (Å²) in [5, 5.41) is 2.81. The summed E-state index contributed by atoms with van der Waals surface area (Å²) in [6.45, 7) is 2.23. The molecule has 3 rings (SSSR count). The summed E-state index contributed by atoms with van der Waals surface area (Å²) < 4.78 is 10.8. The Balaban J connectivity index is 1.48. The maximum absolute atomic E-state index is 11.9. The first-order valence-electron chi connectivity index (χ1n) is 7.54. The highest BCUT2D eigenvalue weighted by Crippen LogP contribution is 2.47. The number of furan rings is 1. The van der Waals surface area contributed by atoms with Crippen LogP contribution in [0.15, 0.2) is 34.9 Å². The molecular weight excluding hydrogens is 280 g/mol. The summed E-state index contributed by atoms with van der Waals surface area (Å²) in [6, 6.07) is 7.49. The third-order valence-corrected chi connectivity index (χ3v) is 3.99. The first kappa shape index (κ1) is 14.6. The summed E-state index contributed by atoms with van der Waals surface area (Å²) in [6.07, 6.45) is 3.78. The molecule has 1 fully saturated rings. The lowest BCUT2D eigenvalue weighted by atomic mass is 10.2. The van der Waals surface area contributed by atoms with E-state index in [0.29, 0.717) is 30.3 Å². The number of aryl methyl sites for hydroxylation is 1. The fourth-order valence-corrected chi connectivity index (χ4v) is 2.48. The van der Waals surface area contributed by atoms with Crippen LogP contribution in [0.1, 0.15) is 37.2 Å². The number of pyridine rings is 1. The normalized spacial score (nSPS) is 19.7. The number of anilines is 1. The minimum absolute atomic E-state index is 0.0512. The molecule has 1 aliphatic rings. The average Bonchev–Trinajstić information content (AvgIpc) is 3.08. The van der Waals surface area contributed by atoms with Crippen molar-refractivity contribution in [2.24, 2.45) is 5.92 Å². The Bertz CT molecular complexity index is 648. The molecule has 0 saturated heterocycles. The zero-order valence-electron chi connectivity index (χ0n) is 12.8. The van der Waals surface area contributed by atoms with E-state index in [0.717, 1.165) is 17.4 Å². The van der Waals surface area contributed by atoms with Crippen molar-refractivity contribution in [2.75, 3.05) is 12.4 Å². The highest BCUT2D eigenvalue weighted by molar-refractivity contribution is 5.90. The number of hydrogen-bond acceptors (Lipinski definition) is 4. The standard InChI is InChI=1S/C17H20N2O3/c1-11-9-14(11)15-6-4-13(22-15)5-7-16(20)19-12-3-8-17(21-2)18-10-12/h3-4,6,8,10-11,14H,5,7,9H2,1-2H3,(H,19,20)/t11-,14+/m1/s1. The lowest BCUT2D eigenvalue weighted by Gasteiger charge is -2.05. The lowest BCUT2D eigenvalue weighted by Crippen LogP contribution is -2.12. The van der Waals surface area contributed by atoms with Crippen LogP contribution < -0.4 is 10.1 Å². The van der Waals surface area contributed by atoms with Crippen LogP contribution in [0.4, 0.5) is 5.69 Å². The monoisotopic (exact) mass is 300 g/mol. The number of hydrogen-bond donors (Lipinski definition) is 1. The van der Waals surface area contributed by atoms with Gasteiger partial charge in [0.25, 0.3) is 0 Å². The fourth-order valence-electron chi connectivity index (χ4n) is 2.48. The molecule has 116 valence electrons. The van der Waals surface area contributed by atoms with E-state index in [1.54, 1.807) is 25.4 Å². The number of carbonyl (C=O) groups excluding carboxylic acids is 1. The number of carbonyl (C=O) groups is 1. The van der Waals surface area contributed by atoms with E-state index in [9.17, 15) is 4.79 Å². The topological polar surface area (TPSA) is 64.4 Å². The smallest absolute Gasteiger partial charge is 0.224 e. The van der Waals surface area contributed by atoms with Gasteiger partial charge in [-0.15, -0.1) is 0 Å². The maximum atomic E-state index is 11.9. The van der Waals surface area contributed by atoms with E-state index in [1.165, 1.54) is 6.42 Å². The number of amides is 1. The number of nitrogens with one attached hydrogen (secondary N) is 1. The van der Waals surface area contributed by atoms with Gasteiger partial charge in [-0.3, -0.25) is 4.79 Å². The molecule has 0 aliphatic heterocycles. The summed E-state index contributed by atoms with van der Waals surface area (Å²) in [5.74, 6) is 3.71. The third-order valence-electron chi connectivity index (χ3n) is 3.99. The van der Waals surface area contributed by atoms with Crippen molar-refractivity contribution >= 4 is 11.6 Å². The van der Waals surface area contributed by atoms with Crippen LogP contribution in [-0.4, -0.2) is 18.0 Å². The first-order chi connectivity index (χ1) is 10.7. The van der Waals surface area contributed by atoms with E-state index in [2.05, 4.69) is 17.2 Å². The van der Waals surface area contributed by atoms with Crippen LogP contribution in [0.3, 0.4) is 0 Å². The zero-order valence-corrected chi connectivity index (χ0v) is 12.8. The van der Waals surface area contributed by atoms with Crippen LogP contribution in [-0.2, 0) is 11.2 Å². The molecule has 2 heterocycles. The van der Waals surface area contributed by atoms with Crippen LogP contribution in [0, 0.1) is 5.92 Å². The molecule has 0 radical (unpaired) electrons. The van der Waals surface area contributed by atoms with Gasteiger partial charge < -0.3 is 14.5 Å². The Hall–Kier alpha value is -2.30. The minimum Gasteiger partial charge on any atom is -0.481 e. The van der Waals surface area contributed by atoms with Gasteiger partial charge >= 0.3 is 0 Å². The fraction of sp³-hybridized carbons (Fsp3) is 0.412. The van der Waals surface area contributed by atoms with Gasteiger partial charge in [0.2, 0.25) is 11.8 Å². The van der Waals surface area contributed by atoms with Crippen molar-refractivity contribution < 1.29 is 13.9 Å². The van der Waals surface area contributed by atoms with Crippen LogP contribution in [0.25, 0.3) is 0 Å². The van der Waals surface area contributed by atoms with Crippen LogP contribution in [0.2, 0.25) is 0 Å². The highest BCUT2D eigenvalue weighted by Gasteiger charge is 2.36. The summed E-state index contributed by atoms with van der Waals surface area (Å²) >= 11 is 0. The van der Waals surface area contributed by atoms with Gasteiger partial charge in [0.05, 0.1) is 19.0 Å². The number of aromatic nitrogens is 1. The molecule has 0 aromatic carbocycles. The van der Waals surface area contributed by atoms with E-state index in [4.69, 9.17) is 9.15 Å². The van der Waals surface area contributed by atoms with Gasteiger partial charge in [-0.25, -0.2) is 4.98 Å². The van der Waals surface area contributed by atoms with Crippen molar-refractivity contribution in [3.63, 3.8) is 0 Å². The number of methoxy groups -OCH3 is 1. The molecule has 5 heteroatoms. The molecule has 0 spiro atoms. The van der Waals surface area contributed by atoms with Gasteiger partial charge in [-0.05, 0) is 30.5 Å². The molecule has 2 aromatic rings. The Morgan fingerprint density at radius 3 is 2.86 bits per heavy atom. The van der Waals surface area contributed by atoms with Gasteiger partial charge in [0, 0.05) is 24.8 Å². The Labute approximate surface area is 129 Å². The van der Waals surface area contributed by atoms with E-state index >= 15 is 0 Å². The quantitative estimate of drug-likeness (QED) is 0.888. The average molecular weight is 300 g/mol. The van der Waals surface area contributed by atoms with Crippen molar-refractivity contribution in [1.29, 1.82) is 0 Å². The predicted molar refractivity (Wildman–Crippen MR) is 83.0 cm³/mol. The van der Waals surface area contributed by atoms with Crippen LogP contribution in [0.5, 0.6) is 5.88 Å². The number of nitrogens with zero attached hydrogens (tertiary/aromatic N) is 1. The molecule has 1 amide bonds. The van der Waals surface area contributed by atoms with E-state index < -0.39 is 0 Å². The number of rotatable bonds is 6. The van der Waals surface area contributed by atoms with Crippen molar-refractivity contribution in [3.05, 3.63) is 42.0 Å². The molecule has 0 unspecified atom stereocenters. The van der Waals surface area contributed by atoms with Crippen molar-refractivity contribution in [2.45, 2.75) is 32.1 Å². The second-order valence-electron chi connectivity index (χ2n) is 5.76. The van der Waals surface area contributed by atoms with Crippen molar-refractivity contribution in [3.8, 4) is 5.88 Å². The largest absolute Gasteiger partial charge is 0.481 e. The molecule has 22 heavy (non-hydrogen) atoms. The van der Waals surface area contributed by atoms with Gasteiger partial charge in [-0.1, -0.05) is 6.92 Å². The van der Waals surface area contributed by atoms with Crippen LogP contribution >= 0.6 is 0 Å². The highest BCUT2D eigenvalue weighted by atomic mass is 16.5. The summed E-state index contributed by atoms with van der Waals surface area (Å²) in [4.78, 5) is 16.0. The third kappa shape index (κ3) is 3.47. The van der Waals surface area contributed by atoms with Crippen molar-refractivity contribution in [1.82, 2.24) is 4.98 Å². The Morgan fingerprint density at radius 2 is 2.23 bits per heavy atom.